The first-order chi connectivity index (χ1) is 17.7. The van der Waals surface area contributed by atoms with Crippen LogP contribution in [-0.4, -0.2) is 20.9 Å². The smallest absolute Gasteiger partial charge is 0.424 e. The van der Waals surface area contributed by atoms with Crippen LogP contribution in [0.15, 0.2) is 35.3 Å². The highest BCUT2D eigenvalue weighted by atomic mass is 19.4. The van der Waals surface area contributed by atoms with E-state index in [1.54, 1.807) is 18.3 Å². The van der Waals surface area contributed by atoms with Gasteiger partial charge in [-0.25, -0.2) is 9.98 Å². The predicted octanol–water partition coefficient (Wildman–Crippen LogP) is 3.54. The van der Waals surface area contributed by atoms with Crippen LogP contribution in [0, 0.1) is 22.8 Å². The molecule has 37 heavy (non-hydrogen) atoms. The molecule has 0 spiro atoms. The fourth-order valence-electron chi connectivity index (χ4n) is 3.87. The summed E-state index contributed by atoms with van der Waals surface area (Å²) in [5.74, 6) is 0.380. The number of hydrogen-bond acceptors (Lipinski definition) is 11. The Bertz CT molecular complexity index is 1500. The molecule has 1 aliphatic carbocycles. The third-order valence-electron chi connectivity index (χ3n) is 5.77. The molecular weight excluding hydrogens is 489 g/mol. The molecule has 11 nitrogen and oxygen atoms in total. The molecule has 3 heterocycles. The molecule has 6 N–H and O–H groups in total. The van der Waals surface area contributed by atoms with Gasteiger partial charge in [0.25, 0.3) is 0 Å². The number of nitrogen functional groups attached to an aromatic ring is 2. The molecule has 0 bridgehead atoms. The van der Waals surface area contributed by atoms with Crippen LogP contribution < -0.4 is 26.8 Å². The van der Waals surface area contributed by atoms with Gasteiger partial charge in [0.05, 0.1) is 11.4 Å². The van der Waals surface area contributed by atoms with Crippen LogP contribution in [0.4, 0.5) is 30.5 Å². The SMILES string of the molecule is N#CNC1=NC(c2ccc(Oc3nc(C4CC4)cc(C(F)(F)F)n3)cc2)c2c(nc(N)c(C#N)c2N)N1. The number of hydrogen-bond donors (Lipinski definition) is 4. The largest absolute Gasteiger partial charge is 0.433 e. The number of nitrogens with zero attached hydrogens (tertiary/aromatic N) is 6. The molecule has 2 aliphatic rings. The Hall–Kier alpha value is -5.11. The average molecular weight is 506 g/mol. The van der Waals surface area contributed by atoms with Crippen LogP contribution in [-0.2, 0) is 6.18 Å². The zero-order chi connectivity index (χ0) is 26.3. The van der Waals surface area contributed by atoms with Crippen LogP contribution in [0.2, 0.25) is 0 Å². The molecule has 1 fully saturated rings. The molecule has 1 aromatic carbocycles. The summed E-state index contributed by atoms with van der Waals surface area (Å²) < 4.78 is 45.5. The first-order valence-corrected chi connectivity index (χ1v) is 10.9. The maximum absolute atomic E-state index is 13.3. The zero-order valence-electron chi connectivity index (χ0n) is 18.8. The fourth-order valence-corrected chi connectivity index (χ4v) is 3.87. The van der Waals surface area contributed by atoms with Gasteiger partial charge in [0, 0.05) is 11.5 Å². The highest BCUT2D eigenvalue weighted by Gasteiger charge is 2.36. The number of nitriles is 2. The van der Waals surface area contributed by atoms with E-state index in [4.69, 9.17) is 21.5 Å². The molecule has 1 atom stereocenters. The van der Waals surface area contributed by atoms with Gasteiger partial charge < -0.3 is 21.5 Å². The predicted molar refractivity (Wildman–Crippen MR) is 125 cm³/mol. The van der Waals surface area contributed by atoms with Crippen molar-refractivity contribution < 1.29 is 17.9 Å². The minimum absolute atomic E-state index is 0.00874. The third-order valence-corrected chi connectivity index (χ3v) is 5.77. The number of fused-ring (bicyclic) bond motifs is 1. The average Bonchev–Trinajstić information content (AvgIpc) is 3.69. The van der Waals surface area contributed by atoms with E-state index in [1.165, 1.54) is 12.1 Å². The zero-order valence-corrected chi connectivity index (χ0v) is 18.8. The molecule has 14 heteroatoms. The summed E-state index contributed by atoms with van der Waals surface area (Å²) in [5.41, 5.74) is 12.3. The molecule has 5 rings (SSSR count). The highest BCUT2D eigenvalue weighted by Crippen LogP contribution is 2.42. The summed E-state index contributed by atoms with van der Waals surface area (Å²) in [5, 5.41) is 23.7. The fraction of sp³-hybridized carbons (Fsp3) is 0.217. The summed E-state index contributed by atoms with van der Waals surface area (Å²) in [4.78, 5) is 16.3. The lowest BCUT2D eigenvalue weighted by Crippen LogP contribution is -2.32. The van der Waals surface area contributed by atoms with Crippen LogP contribution in [0.5, 0.6) is 11.8 Å². The van der Waals surface area contributed by atoms with E-state index in [2.05, 4.69) is 30.6 Å². The number of halogens is 3. The quantitative estimate of drug-likeness (QED) is 0.301. The lowest BCUT2D eigenvalue weighted by atomic mass is 9.95. The van der Waals surface area contributed by atoms with Gasteiger partial charge in [-0.1, -0.05) is 12.1 Å². The van der Waals surface area contributed by atoms with E-state index >= 15 is 0 Å². The monoisotopic (exact) mass is 506 g/mol. The Kier molecular flexibility index (Phi) is 5.64. The van der Waals surface area contributed by atoms with Crippen molar-refractivity contribution in [2.45, 2.75) is 31.0 Å². The highest BCUT2D eigenvalue weighted by molar-refractivity contribution is 5.98. The Morgan fingerprint density at radius 1 is 1.08 bits per heavy atom. The summed E-state index contributed by atoms with van der Waals surface area (Å²) in [6, 6.07) is 7.93. The van der Waals surface area contributed by atoms with Crippen LogP contribution >= 0.6 is 0 Å². The first-order valence-electron chi connectivity index (χ1n) is 10.9. The molecular formula is C23H17F3N10O. The van der Waals surface area contributed by atoms with Gasteiger partial charge in [-0.3, -0.25) is 5.32 Å². The van der Waals surface area contributed by atoms with Gasteiger partial charge in [-0.15, -0.1) is 0 Å². The van der Waals surface area contributed by atoms with Crippen LogP contribution in [0.1, 0.15) is 52.9 Å². The second-order valence-electron chi connectivity index (χ2n) is 8.31. The van der Waals surface area contributed by atoms with Gasteiger partial charge in [-0.2, -0.15) is 33.7 Å². The number of nitrogens with two attached hydrogens (primary N) is 2. The van der Waals surface area contributed by atoms with Crippen molar-refractivity contribution in [1.82, 2.24) is 20.3 Å². The molecule has 186 valence electrons. The maximum Gasteiger partial charge on any atom is 0.433 e. The second kappa shape index (κ2) is 8.83. The number of pyridine rings is 1. The van der Waals surface area contributed by atoms with E-state index in [-0.39, 0.29) is 40.5 Å². The number of anilines is 3. The van der Waals surface area contributed by atoms with Crippen molar-refractivity contribution in [2.75, 3.05) is 16.8 Å². The molecule has 0 amide bonds. The molecule has 3 aromatic rings. The van der Waals surface area contributed by atoms with E-state index in [0.717, 1.165) is 18.9 Å². The normalized spacial score (nSPS) is 16.5. The molecule has 1 saturated carbocycles. The Morgan fingerprint density at radius 3 is 2.43 bits per heavy atom. The van der Waals surface area contributed by atoms with Crippen LogP contribution in [0.3, 0.4) is 0 Å². The van der Waals surface area contributed by atoms with Crippen LogP contribution in [0.25, 0.3) is 0 Å². The minimum atomic E-state index is -4.64. The minimum Gasteiger partial charge on any atom is -0.424 e. The Morgan fingerprint density at radius 2 is 1.81 bits per heavy atom. The molecule has 1 unspecified atom stereocenters. The second-order valence-corrected chi connectivity index (χ2v) is 8.31. The number of aromatic nitrogens is 3. The number of nitrogens with one attached hydrogen (secondary N) is 2. The number of benzene rings is 1. The van der Waals surface area contributed by atoms with Crippen molar-refractivity contribution in [1.29, 1.82) is 10.5 Å². The van der Waals surface area contributed by atoms with Gasteiger partial charge >= 0.3 is 12.2 Å². The van der Waals surface area contributed by atoms with Gasteiger partial charge in [-0.05, 0) is 36.6 Å². The summed E-state index contributed by atoms with van der Waals surface area (Å²) in [6.07, 6.45) is -1.35. The third kappa shape index (κ3) is 4.60. The van der Waals surface area contributed by atoms with E-state index in [1.807, 2.05) is 6.07 Å². The lowest BCUT2D eigenvalue weighted by Gasteiger charge is -2.26. The number of aliphatic imine (C=N–C) groups is 1. The van der Waals surface area contributed by atoms with Crippen molar-refractivity contribution in [3.8, 4) is 24.0 Å². The van der Waals surface area contributed by atoms with Crippen molar-refractivity contribution in [3.05, 3.63) is 58.4 Å². The van der Waals surface area contributed by atoms with Crippen molar-refractivity contribution in [3.63, 3.8) is 0 Å². The number of rotatable bonds is 4. The standard InChI is InChI=1S/C23H17F3N10O/c24-23(25,26)15-7-14(10-1-2-10)32-22(33-15)37-12-5-3-11(4-6-12)18-16-17(29)13(8-27)19(30)35-20(16)36-21(34-18)31-9-28/h3-7,10,18H,1-2H2,(H6,29,30,31,34,35,36). The lowest BCUT2D eigenvalue weighted by molar-refractivity contribution is -0.141. The molecule has 0 radical (unpaired) electrons. The maximum atomic E-state index is 13.3. The van der Waals surface area contributed by atoms with Gasteiger partial charge in [0.2, 0.25) is 5.96 Å². The number of alkyl halides is 3. The van der Waals surface area contributed by atoms with Gasteiger partial charge in [0.1, 0.15) is 35.1 Å². The van der Waals surface area contributed by atoms with Crippen molar-refractivity contribution >= 4 is 23.3 Å². The van der Waals surface area contributed by atoms with E-state index in [9.17, 15) is 18.4 Å². The van der Waals surface area contributed by atoms with Crippen molar-refractivity contribution in [2.24, 2.45) is 4.99 Å². The summed E-state index contributed by atoms with van der Waals surface area (Å²) in [6.45, 7) is 0. The van der Waals surface area contributed by atoms with E-state index in [0.29, 0.717) is 16.8 Å². The molecule has 2 aromatic heterocycles. The molecule has 1 aliphatic heterocycles. The Balaban J connectivity index is 1.48. The topological polar surface area (TPSA) is 184 Å². The Labute approximate surface area is 207 Å². The van der Waals surface area contributed by atoms with E-state index < -0.39 is 23.9 Å². The summed E-state index contributed by atoms with van der Waals surface area (Å²) >= 11 is 0. The summed E-state index contributed by atoms with van der Waals surface area (Å²) in [7, 11) is 0. The first kappa shape index (κ1) is 23.6. The van der Waals surface area contributed by atoms with Gasteiger partial charge in [0.15, 0.2) is 11.9 Å². The number of ether oxygens (including phenoxy) is 1. The molecule has 0 saturated heterocycles. The number of guanidine groups is 1.